The number of sulfonamides is 1. The van der Waals surface area contributed by atoms with E-state index in [4.69, 9.17) is 0 Å². The highest BCUT2D eigenvalue weighted by Gasteiger charge is 2.25. The molecule has 0 saturated heterocycles. The van der Waals surface area contributed by atoms with E-state index < -0.39 is 10.0 Å². The van der Waals surface area contributed by atoms with Crippen molar-refractivity contribution in [2.24, 2.45) is 0 Å². The monoisotopic (exact) mass is 406 g/mol. The van der Waals surface area contributed by atoms with Crippen LogP contribution in [0.2, 0.25) is 0 Å². The summed E-state index contributed by atoms with van der Waals surface area (Å²) in [6, 6.07) is 16.4. The Morgan fingerprint density at radius 3 is 2.35 bits per heavy atom. The van der Waals surface area contributed by atoms with Crippen LogP contribution in [0.5, 0.6) is 0 Å². The minimum Gasteiger partial charge on any atom is -0.343 e. The molecule has 5 nitrogen and oxygen atoms in total. The second-order valence-electron chi connectivity index (χ2n) is 5.62. The number of carbonyl (C=O) groups is 1. The van der Waals surface area contributed by atoms with E-state index in [2.05, 4.69) is 5.32 Å². The van der Waals surface area contributed by atoms with Gasteiger partial charge in [0.05, 0.1) is 12.6 Å². The van der Waals surface area contributed by atoms with Gasteiger partial charge in [0.2, 0.25) is 5.91 Å². The van der Waals surface area contributed by atoms with Gasteiger partial charge in [0.25, 0.3) is 10.0 Å². The van der Waals surface area contributed by atoms with Crippen LogP contribution < -0.4 is 5.32 Å². The molecule has 2 heterocycles. The molecule has 2 aromatic heterocycles. The smallest absolute Gasteiger partial charge is 0.252 e. The topological polar surface area (TPSA) is 66.5 Å². The van der Waals surface area contributed by atoms with Crippen molar-refractivity contribution in [1.82, 2.24) is 9.62 Å². The summed E-state index contributed by atoms with van der Waals surface area (Å²) in [6.07, 6.45) is 0. The maximum atomic E-state index is 12.5. The molecule has 136 valence electrons. The Morgan fingerprint density at radius 1 is 1.04 bits per heavy atom. The van der Waals surface area contributed by atoms with Crippen molar-refractivity contribution in [2.45, 2.75) is 10.3 Å². The molecule has 1 aromatic carbocycles. The molecule has 26 heavy (non-hydrogen) atoms. The van der Waals surface area contributed by atoms with Crippen LogP contribution in [0.3, 0.4) is 0 Å². The Morgan fingerprint density at radius 2 is 1.73 bits per heavy atom. The molecule has 0 aliphatic heterocycles. The summed E-state index contributed by atoms with van der Waals surface area (Å²) in [5, 5.41) is 6.60. The Balaban J connectivity index is 1.75. The predicted octanol–water partition coefficient (Wildman–Crippen LogP) is 3.34. The van der Waals surface area contributed by atoms with E-state index >= 15 is 0 Å². The first-order valence-corrected chi connectivity index (χ1v) is 11.1. The summed E-state index contributed by atoms with van der Waals surface area (Å²) < 4.78 is 26.2. The van der Waals surface area contributed by atoms with E-state index in [0.29, 0.717) is 0 Å². The first-order valence-electron chi connectivity index (χ1n) is 7.86. The standard InChI is InChI=1S/C18H18N2O3S3/c1-20(26(22,23)17-10-6-12-25-17)13-16(21)19-18(15-9-5-11-24-15)14-7-3-2-4-8-14/h2-12,18H,13H2,1H3,(H,19,21). The molecule has 1 unspecified atom stereocenters. The van der Waals surface area contributed by atoms with Crippen molar-refractivity contribution in [3.05, 3.63) is 75.8 Å². The zero-order valence-corrected chi connectivity index (χ0v) is 16.5. The Kier molecular flexibility index (Phi) is 5.87. The number of nitrogens with zero attached hydrogens (tertiary/aromatic N) is 1. The molecule has 3 aromatic rings. The van der Waals surface area contributed by atoms with Crippen LogP contribution in [0.15, 0.2) is 69.6 Å². The molecule has 0 saturated carbocycles. The molecule has 0 bridgehead atoms. The maximum Gasteiger partial charge on any atom is 0.252 e. The van der Waals surface area contributed by atoms with Crippen LogP contribution in [0.1, 0.15) is 16.5 Å². The molecular formula is C18H18N2O3S3. The molecule has 1 amide bonds. The van der Waals surface area contributed by atoms with Gasteiger partial charge in [0, 0.05) is 11.9 Å². The fourth-order valence-corrected chi connectivity index (χ4v) is 5.61. The summed E-state index contributed by atoms with van der Waals surface area (Å²) in [5.41, 5.74) is 0.951. The van der Waals surface area contributed by atoms with E-state index in [-0.39, 0.29) is 22.7 Å². The van der Waals surface area contributed by atoms with Crippen molar-refractivity contribution in [3.63, 3.8) is 0 Å². The molecule has 0 fully saturated rings. The third-order valence-corrected chi connectivity index (χ3v) is 7.91. The number of hydrogen-bond acceptors (Lipinski definition) is 5. The lowest BCUT2D eigenvalue weighted by molar-refractivity contribution is -0.121. The van der Waals surface area contributed by atoms with Crippen molar-refractivity contribution < 1.29 is 13.2 Å². The van der Waals surface area contributed by atoms with Crippen LogP contribution in [-0.2, 0) is 14.8 Å². The Bertz CT molecular complexity index is 937. The molecule has 8 heteroatoms. The van der Waals surface area contributed by atoms with E-state index in [1.54, 1.807) is 22.8 Å². The van der Waals surface area contributed by atoms with Crippen molar-refractivity contribution >= 4 is 38.6 Å². The van der Waals surface area contributed by atoms with Gasteiger partial charge in [-0.3, -0.25) is 4.79 Å². The Hall–Kier alpha value is -2.00. The third-order valence-electron chi connectivity index (χ3n) is 3.79. The van der Waals surface area contributed by atoms with Gasteiger partial charge in [0.15, 0.2) is 0 Å². The summed E-state index contributed by atoms with van der Waals surface area (Å²) >= 11 is 2.68. The minimum atomic E-state index is -3.65. The van der Waals surface area contributed by atoms with Gasteiger partial charge in [-0.05, 0) is 28.5 Å². The van der Waals surface area contributed by atoms with Crippen LogP contribution in [-0.4, -0.2) is 32.2 Å². The fraction of sp³-hybridized carbons (Fsp3) is 0.167. The van der Waals surface area contributed by atoms with Gasteiger partial charge in [0.1, 0.15) is 4.21 Å². The number of hydrogen-bond donors (Lipinski definition) is 1. The molecule has 0 aliphatic rings. The summed E-state index contributed by atoms with van der Waals surface area (Å²) in [5.74, 6) is -0.352. The average molecular weight is 407 g/mol. The number of carbonyl (C=O) groups excluding carboxylic acids is 1. The summed E-state index contributed by atoms with van der Waals surface area (Å²) in [7, 11) is -2.24. The molecule has 0 radical (unpaired) electrons. The number of benzene rings is 1. The largest absolute Gasteiger partial charge is 0.343 e. The van der Waals surface area contributed by atoms with Crippen LogP contribution in [0, 0.1) is 0 Å². The van der Waals surface area contributed by atoms with Gasteiger partial charge in [-0.1, -0.05) is 42.5 Å². The number of amides is 1. The lowest BCUT2D eigenvalue weighted by Gasteiger charge is -2.21. The lowest BCUT2D eigenvalue weighted by Crippen LogP contribution is -2.39. The van der Waals surface area contributed by atoms with Crippen molar-refractivity contribution in [3.8, 4) is 0 Å². The van der Waals surface area contributed by atoms with E-state index in [1.165, 1.54) is 13.1 Å². The van der Waals surface area contributed by atoms with Crippen LogP contribution in [0.4, 0.5) is 0 Å². The molecule has 3 rings (SSSR count). The van der Waals surface area contributed by atoms with Gasteiger partial charge in [-0.15, -0.1) is 22.7 Å². The minimum absolute atomic E-state index is 0.227. The summed E-state index contributed by atoms with van der Waals surface area (Å²) in [4.78, 5) is 13.5. The molecule has 1 atom stereocenters. The quantitative estimate of drug-likeness (QED) is 0.654. The van der Waals surface area contributed by atoms with Gasteiger partial charge < -0.3 is 5.32 Å². The molecular weight excluding hydrogens is 388 g/mol. The lowest BCUT2D eigenvalue weighted by atomic mass is 10.1. The predicted molar refractivity (Wildman–Crippen MR) is 105 cm³/mol. The number of likely N-dealkylation sites (N-methyl/N-ethyl adjacent to an activating group) is 1. The van der Waals surface area contributed by atoms with Crippen molar-refractivity contribution in [2.75, 3.05) is 13.6 Å². The number of rotatable bonds is 7. The summed E-state index contributed by atoms with van der Waals surface area (Å²) in [6.45, 7) is -0.241. The molecule has 0 spiro atoms. The third kappa shape index (κ3) is 4.21. The highest BCUT2D eigenvalue weighted by Crippen LogP contribution is 2.26. The second kappa shape index (κ2) is 8.13. The molecule has 1 N–H and O–H groups in total. The van der Waals surface area contributed by atoms with Crippen LogP contribution >= 0.6 is 22.7 Å². The SMILES string of the molecule is CN(CC(=O)NC(c1ccccc1)c1cccs1)S(=O)(=O)c1cccs1. The Labute approximate surface area is 161 Å². The second-order valence-corrected chi connectivity index (χ2v) is 9.82. The average Bonchev–Trinajstić information content (AvgIpc) is 3.34. The van der Waals surface area contributed by atoms with Gasteiger partial charge in [-0.25, -0.2) is 8.42 Å². The number of nitrogens with one attached hydrogen (secondary N) is 1. The van der Waals surface area contributed by atoms with E-state index in [0.717, 1.165) is 26.1 Å². The van der Waals surface area contributed by atoms with Crippen molar-refractivity contribution in [1.29, 1.82) is 0 Å². The molecule has 0 aliphatic carbocycles. The first kappa shape index (κ1) is 18.8. The number of thiophene rings is 2. The van der Waals surface area contributed by atoms with Crippen LogP contribution in [0.25, 0.3) is 0 Å². The first-order chi connectivity index (χ1) is 12.5. The fourth-order valence-electron chi connectivity index (χ4n) is 2.48. The van der Waals surface area contributed by atoms with Gasteiger partial charge >= 0.3 is 0 Å². The zero-order valence-electron chi connectivity index (χ0n) is 14.0. The normalized spacial score (nSPS) is 12.8. The highest BCUT2D eigenvalue weighted by atomic mass is 32.2. The zero-order chi connectivity index (χ0) is 18.6. The van der Waals surface area contributed by atoms with E-state index in [1.807, 2.05) is 47.8 Å². The maximum absolute atomic E-state index is 12.5. The highest BCUT2D eigenvalue weighted by molar-refractivity contribution is 7.91. The van der Waals surface area contributed by atoms with Gasteiger partial charge in [-0.2, -0.15) is 4.31 Å². The van der Waals surface area contributed by atoms with E-state index in [9.17, 15) is 13.2 Å².